The van der Waals surface area contributed by atoms with E-state index >= 15 is 0 Å². The molecule has 2 aliphatic rings. The number of benzene rings is 1. The van der Waals surface area contributed by atoms with Gasteiger partial charge in [0, 0.05) is 44.0 Å². The molecule has 1 aromatic carbocycles. The number of piperidine rings is 1. The number of nitrogens with zero attached hydrogens (tertiary/aromatic N) is 3. The summed E-state index contributed by atoms with van der Waals surface area (Å²) in [7, 11) is -3.45. The Kier molecular flexibility index (Phi) is 5.70. The summed E-state index contributed by atoms with van der Waals surface area (Å²) >= 11 is 0. The number of rotatable bonds is 5. The first-order valence-electron chi connectivity index (χ1n) is 11.3. The SMILES string of the molecule is Cc1ccc(F)cc1CC(=O)N1CC(S(=O)(=O)N2CCC(c3c[nH]c4ncccc34)CC2)C1. The van der Waals surface area contributed by atoms with E-state index in [9.17, 15) is 17.6 Å². The molecule has 2 aromatic heterocycles. The van der Waals surface area contributed by atoms with Gasteiger partial charge < -0.3 is 9.88 Å². The summed E-state index contributed by atoms with van der Waals surface area (Å²) in [6.45, 7) is 3.19. The molecule has 0 saturated carbocycles. The van der Waals surface area contributed by atoms with Gasteiger partial charge >= 0.3 is 0 Å². The number of fused-ring (bicyclic) bond motifs is 1. The van der Waals surface area contributed by atoms with Crippen molar-refractivity contribution in [1.29, 1.82) is 0 Å². The first-order valence-corrected chi connectivity index (χ1v) is 12.8. The maximum absolute atomic E-state index is 13.5. The number of carbonyl (C=O) groups excluding carboxylic acids is 1. The molecule has 33 heavy (non-hydrogen) atoms. The number of halogens is 1. The first-order chi connectivity index (χ1) is 15.8. The second kappa shape index (κ2) is 8.53. The number of likely N-dealkylation sites (tertiary alicyclic amines) is 1. The van der Waals surface area contributed by atoms with Crippen LogP contribution in [0.3, 0.4) is 0 Å². The third kappa shape index (κ3) is 4.15. The molecular formula is C24H27FN4O3S. The normalized spacial score (nSPS) is 18.5. The van der Waals surface area contributed by atoms with Crippen LogP contribution in [-0.2, 0) is 21.2 Å². The van der Waals surface area contributed by atoms with Crippen LogP contribution in [0.4, 0.5) is 4.39 Å². The first kappa shape index (κ1) is 22.0. The Morgan fingerprint density at radius 3 is 2.73 bits per heavy atom. The number of carbonyl (C=O) groups is 1. The van der Waals surface area contributed by atoms with Gasteiger partial charge in [0.25, 0.3) is 0 Å². The van der Waals surface area contributed by atoms with Crippen molar-refractivity contribution in [2.45, 2.75) is 37.4 Å². The molecule has 7 nitrogen and oxygen atoms in total. The molecule has 0 aliphatic carbocycles. The Hall–Kier alpha value is -2.78. The van der Waals surface area contributed by atoms with E-state index in [2.05, 4.69) is 9.97 Å². The van der Waals surface area contributed by atoms with Gasteiger partial charge in [-0.25, -0.2) is 22.1 Å². The Bertz CT molecular complexity index is 1290. The lowest BCUT2D eigenvalue weighted by Gasteiger charge is -2.42. The minimum absolute atomic E-state index is 0.0846. The lowest BCUT2D eigenvalue weighted by Crippen LogP contribution is -2.60. The predicted molar refractivity (Wildman–Crippen MR) is 124 cm³/mol. The van der Waals surface area contributed by atoms with Gasteiger partial charge in [-0.2, -0.15) is 0 Å². The second-order valence-corrected chi connectivity index (χ2v) is 11.2. The molecular weight excluding hydrogens is 443 g/mol. The summed E-state index contributed by atoms with van der Waals surface area (Å²) in [6, 6.07) is 8.35. The van der Waals surface area contributed by atoms with Crippen LogP contribution >= 0.6 is 0 Å². The Balaban J connectivity index is 1.17. The molecule has 0 spiro atoms. The fraction of sp³-hybridized carbons (Fsp3) is 0.417. The monoisotopic (exact) mass is 470 g/mol. The average molecular weight is 471 g/mol. The van der Waals surface area contributed by atoms with Crippen molar-refractivity contribution in [2.24, 2.45) is 0 Å². The van der Waals surface area contributed by atoms with Crippen LogP contribution in [0.5, 0.6) is 0 Å². The number of aromatic amines is 1. The fourth-order valence-corrected chi connectivity index (χ4v) is 6.76. The highest BCUT2D eigenvalue weighted by Crippen LogP contribution is 2.34. The number of amides is 1. The number of nitrogens with one attached hydrogen (secondary N) is 1. The summed E-state index contributed by atoms with van der Waals surface area (Å²) in [5.74, 6) is -0.245. The van der Waals surface area contributed by atoms with Gasteiger partial charge in [0.15, 0.2) is 0 Å². The van der Waals surface area contributed by atoms with Crippen LogP contribution < -0.4 is 0 Å². The van der Waals surface area contributed by atoms with Gasteiger partial charge in [-0.1, -0.05) is 6.07 Å². The standard InChI is InChI=1S/C24H27FN4O3S/c1-16-4-5-19(25)11-18(16)12-23(30)28-14-20(15-28)33(31,32)29-9-6-17(7-10-29)22-13-27-24-21(22)3-2-8-26-24/h2-5,8,11,13,17,20H,6-7,9-10,12,14-15H2,1H3,(H,26,27). The van der Waals surface area contributed by atoms with Crippen molar-refractivity contribution in [1.82, 2.24) is 19.2 Å². The average Bonchev–Trinajstić information content (AvgIpc) is 3.19. The molecule has 0 atom stereocenters. The molecule has 9 heteroatoms. The van der Waals surface area contributed by atoms with E-state index in [1.165, 1.54) is 17.7 Å². The fourth-order valence-electron chi connectivity index (χ4n) is 4.88. The van der Waals surface area contributed by atoms with E-state index in [0.717, 1.165) is 29.4 Å². The third-order valence-electron chi connectivity index (χ3n) is 7.01. The summed E-state index contributed by atoms with van der Waals surface area (Å²) in [6.07, 6.45) is 5.35. The lowest BCUT2D eigenvalue weighted by molar-refractivity contribution is -0.133. The highest BCUT2D eigenvalue weighted by Gasteiger charge is 2.43. The molecule has 4 heterocycles. The topological polar surface area (TPSA) is 86.4 Å². The number of hydrogen-bond acceptors (Lipinski definition) is 4. The number of aryl methyl sites for hydroxylation is 1. The largest absolute Gasteiger partial charge is 0.346 e. The number of hydrogen-bond donors (Lipinski definition) is 1. The van der Waals surface area contributed by atoms with Gasteiger partial charge in [0.05, 0.1) is 6.42 Å². The minimum atomic E-state index is -3.45. The molecule has 0 unspecified atom stereocenters. The van der Waals surface area contributed by atoms with Crippen molar-refractivity contribution in [3.8, 4) is 0 Å². The quantitative estimate of drug-likeness (QED) is 0.621. The van der Waals surface area contributed by atoms with Crippen LogP contribution in [0.2, 0.25) is 0 Å². The van der Waals surface area contributed by atoms with Crippen LogP contribution in [0.25, 0.3) is 11.0 Å². The molecule has 1 amide bonds. The molecule has 0 bridgehead atoms. The van der Waals surface area contributed by atoms with Gasteiger partial charge in [-0.15, -0.1) is 0 Å². The van der Waals surface area contributed by atoms with E-state index in [1.807, 2.05) is 25.3 Å². The molecule has 174 valence electrons. The predicted octanol–water partition coefficient (Wildman–Crippen LogP) is 2.97. The highest BCUT2D eigenvalue weighted by atomic mass is 32.2. The number of sulfonamides is 1. The number of pyridine rings is 1. The number of H-pyrrole nitrogens is 1. The maximum atomic E-state index is 13.5. The van der Waals surface area contributed by atoms with E-state index in [4.69, 9.17) is 0 Å². The Morgan fingerprint density at radius 1 is 1.21 bits per heavy atom. The lowest BCUT2D eigenvalue weighted by atomic mass is 9.90. The maximum Gasteiger partial charge on any atom is 0.227 e. The second-order valence-electron chi connectivity index (χ2n) is 9.03. The highest BCUT2D eigenvalue weighted by molar-refractivity contribution is 7.89. The molecule has 2 aliphatic heterocycles. The number of aromatic nitrogens is 2. The summed E-state index contributed by atoms with van der Waals surface area (Å²) in [5.41, 5.74) is 3.54. The van der Waals surface area contributed by atoms with Crippen LogP contribution in [0.15, 0.2) is 42.7 Å². The molecule has 2 fully saturated rings. The summed E-state index contributed by atoms with van der Waals surface area (Å²) in [4.78, 5) is 21.7. The van der Waals surface area contributed by atoms with Gasteiger partial charge in [-0.3, -0.25) is 4.79 Å². The molecule has 0 radical (unpaired) electrons. The van der Waals surface area contributed by atoms with Gasteiger partial charge in [0.2, 0.25) is 15.9 Å². The zero-order valence-corrected chi connectivity index (χ0v) is 19.3. The molecule has 3 aromatic rings. The van der Waals surface area contributed by atoms with Crippen LogP contribution in [-0.4, -0.2) is 64.9 Å². The third-order valence-corrected chi connectivity index (χ3v) is 9.24. The van der Waals surface area contributed by atoms with Crippen LogP contribution in [0.1, 0.15) is 35.4 Å². The van der Waals surface area contributed by atoms with Gasteiger partial charge in [0.1, 0.15) is 16.7 Å². The van der Waals surface area contributed by atoms with E-state index in [0.29, 0.717) is 24.6 Å². The van der Waals surface area contributed by atoms with Crippen LogP contribution in [0, 0.1) is 12.7 Å². The van der Waals surface area contributed by atoms with Crippen molar-refractivity contribution in [2.75, 3.05) is 26.2 Å². The zero-order chi connectivity index (χ0) is 23.2. The van der Waals surface area contributed by atoms with Crippen molar-refractivity contribution in [3.05, 3.63) is 65.2 Å². The van der Waals surface area contributed by atoms with Crippen molar-refractivity contribution < 1.29 is 17.6 Å². The molecule has 2 saturated heterocycles. The van der Waals surface area contributed by atoms with E-state index < -0.39 is 15.3 Å². The zero-order valence-electron chi connectivity index (χ0n) is 18.5. The Labute approximate surface area is 192 Å². The van der Waals surface area contributed by atoms with Gasteiger partial charge in [-0.05, 0) is 66.6 Å². The van der Waals surface area contributed by atoms with Crippen molar-refractivity contribution >= 4 is 27.0 Å². The van der Waals surface area contributed by atoms with E-state index in [1.54, 1.807) is 21.5 Å². The smallest absolute Gasteiger partial charge is 0.227 e. The van der Waals surface area contributed by atoms with Crippen molar-refractivity contribution in [3.63, 3.8) is 0 Å². The molecule has 5 rings (SSSR count). The minimum Gasteiger partial charge on any atom is -0.346 e. The summed E-state index contributed by atoms with van der Waals surface area (Å²) in [5, 5.41) is 0.532. The summed E-state index contributed by atoms with van der Waals surface area (Å²) < 4.78 is 41.3. The van der Waals surface area contributed by atoms with E-state index in [-0.39, 0.29) is 31.2 Å². The molecule has 1 N–H and O–H groups in total. The Morgan fingerprint density at radius 2 is 1.97 bits per heavy atom.